The van der Waals surface area contributed by atoms with Crippen LogP contribution in [-0.4, -0.2) is 36.9 Å². The van der Waals surface area contributed by atoms with Crippen molar-refractivity contribution >= 4 is 12.3 Å². The van der Waals surface area contributed by atoms with E-state index in [4.69, 9.17) is 14.2 Å². The molecule has 1 rings (SSSR count). The van der Waals surface area contributed by atoms with E-state index in [9.17, 15) is 9.59 Å². The molecule has 2 atom stereocenters. The average molecular weight is 286 g/mol. The van der Waals surface area contributed by atoms with E-state index in [0.717, 1.165) is 6.29 Å². The van der Waals surface area contributed by atoms with Gasteiger partial charge in [-0.05, 0) is 34.1 Å². The average Bonchev–Trinajstić information content (AvgIpc) is 2.74. The monoisotopic (exact) mass is 286 g/mol. The molecule has 2 unspecified atom stereocenters. The summed E-state index contributed by atoms with van der Waals surface area (Å²) in [5.41, 5.74) is -0.493. The first-order valence-electron chi connectivity index (χ1n) is 7.13. The molecular weight excluding hydrogens is 260 g/mol. The molecule has 1 heterocycles. The number of hydrogen-bond acceptors (Lipinski definition) is 5. The number of carbonyl (C=O) groups excluding carboxylic acids is 2. The molecule has 1 aliphatic heterocycles. The Morgan fingerprint density at radius 3 is 2.35 bits per heavy atom. The fourth-order valence-electron chi connectivity index (χ4n) is 2.51. The maximum Gasteiger partial charge on any atom is 0.306 e. The molecule has 0 aromatic heterocycles. The van der Waals surface area contributed by atoms with Crippen LogP contribution in [0.25, 0.3) is 0 Å². The van der Waals surface area contributed by atoms with Gasteiger partial charge in [0.25, 0.3) is 0 Å². The zero-order valence-electron chi connectivity index (χ0n) is 13.1. The zero-order valence-corrected chi connectivity index (χ0v) is 13.1. The molecule has 0 aromatic carbocycles. The molecule has 0 N–H and O–H groups in total. The molecule has 1 fully saturated rings. The first kappa shape index (κ1) is 17.1. The SMILES string of the molecule is CC(C=O)C(CCC(=O)OC(C)(C)C)C1(C)OCCO1. The Bertz CT molecular complexity index is 339. The van der Waals surface area contributed by atoms with Crippen LogP contribution in [0.4, 0.5) is 0 Å². The van der Waals surface area contributed by atoms with E-state index in [1.807, 2.05) is 34.6 Å². The van der Waals surface area contributed by atoms with E-state index < -0.39 is 11.4 Å². The van der Waals surface area contributed by atoms with Gasteiger partial charge in [-0.3, -0.25) is 4.79 Å². The van der Waals surface area contributed by atoms with Gasteiger partial charge in [-0.25, -0.2) is 0 Å². The van der Waals surface area contributed by atoms with Crippen LogP contribution in [-0.2, 0) is 23.8 Å². The van der Waals surface area contributed by atoms with Crippen molar-refractivity contribution in [2.24, 2.45) is 11.8 Å². The first-order chi connectivity index (χ1) is 9.18. The Hall–Kier alpha value is -0.940. The second-order valence-corrected chi connectivity index (χ2v) is 6.44. The predicted molar refractivity (Wildman–Crippen MR) is 74.1 cm³/mol. The minimum absolute atomic E-state index is 0.157. The lowest BCUT2D eigenvalue weighted by molar-refractivity contribution is -0.195. The molecule has 20 heavy (non-hydrogen) atoms. The summed E-state index contributed by atoms with van der Waals surface area (Å²) in [4.78, 5) is 22.9. The number of esters is 1. The fraction of sp³-hybridized carbons (Fsp3) is 0.867. The fourth-order valence-corrected chi connectivity index (χ4v) is 2.51. The molecule has 0 bridgehead atoms. The Labute approximate surface area is 121 Å². The van der Waals surface area contributed by atoms with Gasteiger partial charge in [0, 0.05) is 18.3 Å². The van der Waals surface area contributed by atoms with Crippen molar-refractivity contribution in [2.75, 3.05) is 13.2 Å². The van der Waals surface area contributed by atoms with Gasteiger partial charge < -0.3 is 19.0 Å². The summed E-state index contributed by atoms with van der Waals surface area (Å²) in [5, 5.41) is 0. The Balaban J connectivity index is 2.62. The highest BCUT2D eigenvalue weighted by Gasteiger charge is 2.42. The van der Waals surface area contributed by atoms with Crippen LogP contribution in [0.1, 0.15) is 47.5 Å². The third-order valence-corrected chi connectivity index (χ3v) is 3.46. The number of carbonyl (C=O) groups is 2. The van der Waals surface area contributed by atoms with E-state index >= 15 is 0 Å². The van der Waals surface area contributed by atoms with E-state index in [1.54, 1.807) is 0 Å². The van der Waals surface area contributed by atoms with E-state index in [0.29, 0.717) is 19.6 Å². The van der Waals surface area contributed by atoms with Crippen LogP contribution in [0.15, 0.2) is 0 Å². The van der Waals surface area contributed by atoms with Crippen LogP contribution >= 0.6 is 0 Å². The summed E-state index contributed by atoms with van der Waals surface area (Å²) < 4.78 is 16.5. The van der Waals surface area contributed by atoms with Gasteiger partial charge in [0.05, 0.1) is 13.2 Å². The molecule has 1 saturated heterocycles. The van der Waals surface area contributed by atoms with Gasteiger partial charge in [0.2, 0.25) is 0 Å². The highest BCUT2D eigenvalue weighted by Crippen LogP contribution is 2.35. The minimum Gasteiger partial charge on any atom is -0.460 e. The molecule has 0 aromatic rings. The lowest BCUT2D eigenvalue weighted by Crippen LogP contribution is -2.40. The van der Waals surface area contributed by atoms with E-state index in [-0.39, 0.29) is 24.2 Å². The Morgan fingerprint density at radius 1 is 1.35 bits per heavy atom. The van der Waals surface area contributed by atoms with E-state index in [1.165, 1.54) is 0 Å². The second kappa shape index (κ2) is 6.68. The van der Waals surface area contributed by atoms with Crippen molar-refractivity contribution in [3.63, 3.8) is 0 Å². The molecule has 1 aliphatic rings. The third-order valence-electron chi connectivity index (χ3n) is 3.46. The van der Waals surface area contributed by atoms with E-state index in [2.05, 4.69) is 0 Å². The van der Waals surface area contributed by atoms with Crippen molar-refractivity contribution in [3.8, 4) is 0 Å². The molecule has 5 heteroatoms. The second-order valence-electron chi connectivity index (χ2n) is 6.44. The van der Waals surface area contributed by atoms with Crippen molar-refractivity contribution in [3.05, 3.63) is 0 Å². The standard InChI is InChI=1S/C15H26O5/c1-11(10-16)12(15(5)18-8-9-19-15)6-7-13(17)20-14(2,3)4/h10-12H,6-9H2,1-5H3. The Kier molecular flexibility index (Phi) is 5.71. The lowest BCUT2D eigenvalue weighted by Gasteiger charge is -2.34. The topological polar surface area (TPSA) is 61.8 Å². The normalized spacial score (nSPS) is 21.2. The summed E-state index contributed by atoms with van der Waals surface area (Å²) in [6.07, 6.45) is 1.64. The molecular formula is C15H26O5. The maximum absolute atomic E-state index is 11.8. The lowest BCUT2D eigenvalue weighted by atomic mass is 9.84. The number of aldehydes is 1. The van der Waals surface area contributed by atoms with Crippen molar-refractivity contribution in [1.29, 1.82) is 0 Å². The molecule has 0 amide bonds. The highest BCUT2D eigenvalue weighted by atomic mass is 16.7. The highest BCUT2D eigenvalue weighted by molar-refractivity contribution is 5.70. The first-order valence-corrected chi connectivity index (χ1v) is 7.13. The molecule has 0 spiro atoms. The maximum atomic E-state index is 11.8. The molecule has 5 nitrogen and oxygen atoms in total. The molecule has 0 saturated carbocycles. The molecule has 116 valence electrons. The largest absolute Gasteiger partial charge is 0.460 e. The predicted octanol–water partition coefficient (Wildman–Crippen LogP) is 2.32. The summed E-state index contributed by atoms with van der Waals surface area (Å²) in [5.74, 6) is -1.44. The summed E-state index contributed by atoms with van der Waals surface area (Å²) in [6.45, 7) is 10.2. The van der Waals surface area contributed by atoms with Crippen LogP contribution in [0, 0.1) is 11.8 Å². The van der Waals surface area contributed by atoms with Gasteiger partial charge in [-0.2, -0.15) is 0 Å². The quantitative estimate of drug-likeness (QED) is 0.554. The van der Waals surface area contributed by atoms with Crippen molar-refractivity contribution in [2.45, 2.75) is 58.8 Å². The van der Waals surface area contributed by atoms with Crippen molar-refractivity contribution in [1.82, 2.24) is 0 Å². The van der Waals surface area contributed by atoms with Gasteiger partial charge in [0.15, 0.2) is 5.79 Å². The minimum atomic E-state index is -0.789. The van der Waals surface area contributed by atoms with Crippen LogP contribution < -0.4 is 0 Å². The summed E-state index contributed by atoms with van der Waals surface area (Å²) in [6, 6.07) is 0. The van der Waals surface area contributed by atoms with Gasteiger partial charge in [0.1, 0.15) is 11.9 Å². The Morgan fingerprint density at radius 2 is 1.90 bits per heavy atom. The van der Waals surface area contributed by atoms with Gasteiger partial charge in [-0.15, -0.1) is 0 Å². The third kappa shape index (κ3) is 4.87. The summed E-state index contributed by atoms with van der Waals surface area (Å²) >= 11 is 0. The smallest absolute Gasteiger partial charge is 0.306 e. The molecule has 0 radical (unpaired) electrons. The zero-order chi connectivity index (χ0) is 15.4. The number of rotatable bonds is 6. The van der Waals surface area contributed by atoms with Crippen LogP contribution in [0.5, 0.6) is 0 Å². The van der Waals surface area contributed by atoms with Crippen molar-refractivity contribution < 1.29 is 23.8 Å². The van der Waals surface area contributed by atoms with Gasteiger partial charge >= 0.3 is 5.97 Å². The van der Waals surface area contributed by atoms with Crippen LogP contribution in [0.3, 0.4) is 0 Å². The van der Waals surface area contributed by atoms with Gasteiger partial charge in [-0.1, -0.05) is 6.92 Å². The number of hydrogen-bond donors (Lipinski definition) is 0. The number of ether oxygens (including phenoxy) is 3. The summed E-state index contributed by atoms with van der Waals surface area (Å²) in [7, 11) is 0. The van der Waals surface area contributed by atoms with Crippen LogP contribution in [0.2, 0.25) is 0 Å². The molecule has 0 aliphatic carbocycles.